The minimum Gasteiger partial charge on any atom is -0.206 e. The zero-order valence-electron chi connectivity index (χ0n) is 16.6. The Kier molecular flexibility index (Phi) is 5.44. The van der Waals surface area contributed by atoms with Crippen molar-refractivity contribution in [3.63, 3.8) is 0 Å². The summed E-state index contributed by atoms with van der Waals surface area (Å²) in [6.07, 6.45) is -4.41. The number of alkyl halides is 3. The molecule has 0 saturated carbocycles. The standard InChI is InChI=1S/C25H15F7/c1-2-13-3-4-15-8-16(6-5-14(15)7-13)17-9-19(26)23(20(27)10-17)18-11-21(28)24(22(29)12-18)25(30,31)32/h3-12H,2H2,1H3. The second-order valence-electron chi connectivity index (χ2n) is 7.38. The zero-order chi connectivity index (χ0) is 23.2. The van der Waals surface area contributed by atoms with Gasteiger partial charge in [0.1, 0.15) is 28.8 Å². The molecule has 4 rings (SSSR count). The van der Waals surface area contributed by atoms with Crippen molar-refractivity contribution >= 4 is 10.8 Å². The molecule has 0 bridgehead atoms. The Labute approximate surface area is 178 Å². The van der Waals surface area contributed by atoms with E-state index in [4.69, 9.17) is 0 Å². The minimum absolute atomic E-state index is 0.179. The Balaban J connectivity index is 1.79. The Morgan fingerprint density at radius 3 is 1.69 bits per heavy atom. The second-order valence-corrected chi connectivity index (χ2v) is 7.38. The molecule has 0 atom stereocenters. The lowest BCUT2D eigenvalue weighted by Gasteiger charge is -2.13. The monoisotopic (exact) mass is 448 g/mol. The van der Waals surface area contributed by atoms with Crippen LogP contribution in [0.1, 0.15) is 18.1 Å². The van der Waals surface area contributed by atoms with Gasteiger partial charge in [0, 0.05) is 0 Å². The van der Waals surface area contributed by atoms with Crippen LogP contribution >= 0.6 is 0 Å². The molecule has 7 heteroatoms. The lowest BCUT2D eigenvalue weighted by Crippen LogP contribution is -2.11. The first kappa shape index (κ1) is 21.9. The number of rotatable bonds is 3. The summed E-state index contributed by atoms with van der Waals surface area (Å²) in [6.45, 7) is 2.02. The van der Waals surface area contributed by atoms with E-state index in [1.54, 1.807) is 12.1 Å². The topological polar surface area (TPSA) is 0 Å². The van der Waals surface area contributed by atoms with Crippen LogP contribution in [0.5, 0.6) is 0 Å². The molecular weight excluding hydrogens is 433 g/mol. The summed E-state index contributed by atoms with van der Waals surface area (Å²) in [5.74, 6) is -6.20. The number of benzene rings is 4. The fraction of sp³-hybridized carbons (Fsp3) is 0.120. The van der Waals surface area contributed by atoms with Crippen molar-refractivity contribution in [2.75, 3.05) is 0 Å². The van der Waals surface area contributed by atoms with Gasteiger partial charge in [-0.25, -0.2) is 17.6 Å². The van der Waals surface area contributed by atoms with Gasteiger partial charge in [0.2, 0.25) is 0 Å². The van der Waals surface area contributed by atoms with Gasteiger partial charge in [-0.15, -0.1) is 0 Å². The summed E-state index contributed by atoms with van der Waals surface area (Å²) in [5.41, 5.74) is -1.76. The zero-order valence-corrected chi connectivity index (χ0v) is 16.6. The van der Waals surface area contributed by atoms with E-state index >= 15 is 0 Å². The van der Waals surface area contributed by atoms with Gasteiger partial charge >= 0.3 is 6.18 Å². The average Bonchev–Trinajstić information content (AvgIpc) is 2.70. The smallest absolute Gasteiger partial charge is 0.206 e. The molecule has 0 heterocycles. The first-order valence-electron chi connectivity index (χ1n) is 9.67. The largest absolute Gasteiger partial charge is 0.422 e. The van der Waals surface area contributed by atoms with Gasteiger partial charge in [0.05, 0.1) is 5.56 Å². The van der Waals surface area contributed by atoms with Crippen LogP contribution in [0, 0.1) is 23.3 Å². The first-order valence-corrected chi connectivity index (χ1v) is 9.67. The van der Waals surface area contributed by atoms with E-state index in [1.807, 2.05) is 31.2 Å². The normalized spacial score (nSPS) is 11.9. The summed E-state index contributed by atoms with van der Waals surface area (Å²) in [4.78, 5) is 0. The van der Waals surface area contributed by atoms with E-state index < -0.39 is 46.1 Å². The number of halogens is 7. The van der Waals surface area contributed by atoms with E-state index in [1.165, 1.54) is 0 Å². The molecule has 0 spiro atoms. The molecule has 0 amide bonds. The van der Waals surface area contributed by atoms with E-state index in [0.717, 1.165) is 34.9 Å². The maximum absolute atomic E-state index is 14.8. The SMILES string of the molecule is CCc1ccc2cc(-c3cc(F)c(-c4cc(F)c(C(F)(F)F)c(F)c4)c(F)c3)ccc2c1. The second kappa shape index (κ2) is 7.97. The van der Waals surface area contributed by atoms with Gasteiger partial charge in [-0.1, -0.05) is 37.3 Å². The fourth-order valence-electron chi connectivity index (χ4n) is 3.70. The van der Waals surface area contributed by atoms with Crippen LogP contribution in [0.3, 0.4) is 0 Å². The number of aryl methyl sites for hydroxylation is 1. The van der Waals surface area contributed by atoms with E-state index in [2.05, 4.69) is 0 Å². The summed E-state index contributed by atoms with van der Waals surface area (Å²) >= 11 is 0. The Bertz CT molecular complexity index is 1290. The number of hydrogen-bond acceptors (Lipinski definition) is 0. The molecule has 0 unspecified atom stereocenters. The van der Waals surface area contributed by atoms with Gasteiger partial charge < -0.3 is 0 Å². The predicted octanol–water partition coefficient (Wildman–Crippen LogP) is 8.31. The lowest BCUT2D eigenvalue weighted by molar-refractivity contribution is -0.142. The van der Waals surface area contributed by atoms with Crippen molar-refractivity contribution in [3.8, 4) is 22.3 Å². The Morgan fingerprint density at radius 2 is 1.12 bits per heavy atom. The molecule has 4 aromatic carbocycles. The molecule has 0 fully saturated rings. The van der Waals surface area contributed by atoms with Crippen LogP contribution in [-0.2, 0) is 12.6 Å². The fourth-order valence-corrected chi connectivity index (χ4v) is 3.70. The molecule has 0 N–H and O–H groups in total. The van der Waals surface area contributed by atoms with Crippen LogP contribution in [0.15, 0.2) is 60.7 Å². The molecule has 0 aliphatic heterocycles. The summed E-state index contributed by atoms with van der Waals surface area (Å²) in [7, 11) is 0. The van der Waals surface area contributed by atoms with E-state index in [-0.39, 0.29) is 17.7 Å². The number of hydrogen-bond donors (Lipinski definition) is 0. The third kappa shape index (κ3) is 3.95. The van der Waals surface area contributed by atoms with Crippen LogP contribution in [-0.4, -0.2) is 0 Å². The average molecular weight is 448 g/mol. The van der Waals surface area contributed by atoms with Crippen LogP contribution in [0.2, 0.25) is 0 Å². The van der Waals surface area contributed by atoms with E-state index in [9.17, 15) is 30.7 Å². The van der Waals surface area contributed by atoms with Crippen molar-refractivity contribution in [3.05, 3.63) is 95.1 Å². The highest BCUT2D eigenvalue weighted by molar-refractivity contribution is 5.88. The maximum atomic E-state index is 14.8. The van der Waals surface area contributed by atoms with Gasteiger partial charge in [-0.05, 0) is 69.8 Å². The summed E-state index contributed by atoms with van der Waals surface area (Å²) in [5, 5.41) is 1.82. The third-order valence-electron chi connectivity index (χ3n) is 5.30. The minimum atomic E-state index is -5.28. The molecular formula is C25H15F7. The predicted molar refractivity (Wildman–Crippen MR) is 109 cm³/mol. The Hall–Kier alpha value is -3.35. The summed E-state index contributed by atoms with van der Waals surface area (Å²) in [6, 6.07) is 13.6. The first-order chi connectivity index (χ1) is 15.1. The van der Waals surface area contributed by atoms with Crippen molar-refractivity contribution in [2.45, 2.75) is 19.5 Å². The molecule has 32 heavy (non-hydrogen) atoms. The maximum Gasteiger partial charge on any atom is 0.422 e. The molecule has 0 aromatic heterocycles. The van der Waals surface area contributed by atoms with Gasteiger partial charge in [-0.3, -0.25) is 0 Å². The lowest BCUT2D eigenvalue weighted by atomic mass is 9.96. The molecule has 0 aliphatic carbocycles. The highest BCUT2D eigenvalue weighted by atomic mass is 19.4. The van der Waals surface area contributed by atoms with Crippen LogP contribution in [0.4, 0.5) is 30.7 Å². The van der Waals surface area contributed by atoms with Gasteiger partial charge in [0.25, 0.3) is 0 Å². The van der Waals surface area contributed by atoms with Crippen LogP contribution in [0.25, 0.3) is 33.0 Å². The van der Waals surface area contributed by atoms with Crippen molar-refractivity contribution in [2.24, 2.45) is 0 Å². The molecule has 0 radical (unpaired) electrons. The molecule has 0 saturated heterocycles. The van der Waals surface area contributed by atoms with Crippen molar-refractivity contribution in [1.29, 1.82) is 0 Å². The number of fused-ring (bicyclic) bond motifs is 1. The molecule has 0 aliphatic rings. The quantitative estimate of drug-likeness (QED) is 0.277. The van der Waals surface area contributed by atoms with Gasteiger partial charge in [-0.2, -0.15) is 13.2 Å². The third-order valence-corrected chi connectivity index (χ3v) is 5.30. The van der Waals surface area contributed by atoms with Crippen molar-refractivity contribution in [1.82, 2.24) is 0 Å². The van der Waals surface area contributed by atoms with Crippen LogP contribution < -0.4 is 0 Å². The van der Waals surface area contributed by atoms with Crippen molar-refractivity contribution < 1.29 is 30.7 Å². The molecule has 0 nitrogen and oxygen atoms in total. The molecule has 164 valence electrons. The van der Waals surface area contributed by atoms with Gasteiger partial charge in [0.15, 0.2) is 0 Å². The highest BCUT2D eigenvalue weighted by Gasteiger charge is 2.38. The summed E-state index contributed by atoms with van der Waals surface area (Å²) < 4.78 is 95.7. The highest BCUT2D eigenvalue weighted by Crippen LogP contribution is 2.38. The molecule has 4 aromatic rings. The van der Waals surface area contributed by atoms with E-state index in [0.29, 0.717) is 5.56 Å². The Morgan fingerprint density at radius 1 is 0.594 bits per heavy atom.